The summed E-state index contributed by atoms with van der Waals surface area (Å²) in [6.45, 7) is 0.444. The summed E-state index contributed by atoms with van der Waals surface area (Å²) < 4.78 is 41.0. The van der Waals surface area contributed by atoms with Crippen LogP contribution in [0.1, 0.15) is 18.4 Å². The first kappa shape index (κ1) is 20.1. The number of hydrogen-bond acceptors (Lipinski definition) is 5. The summed E-state index contributed by atoms with van der Waals surface area (Å²) in [5, 5.41) is 4.81. The van der Waals surface area contributed by atoms with Gasteiger partial charge in [-0.15, -0.1) is 11.3 Å². The van der Waals surface area contributed by atoms with E-state index in [9.17, 15) is 22.8 Å². The summed E-state index contributed by atoms with van der Waals surface area (Å²) in [7, 11) is 0. The number of ether oxygens (including phenoxy) is 1. The number of likely N-dealkylation sites (tertiary alicyclic amines) is 1. The predicted molar refractivity (Wildman–Crippen MR) is 98.0 cm³/mol. The number of hydrogen-bond donors (Lipinski definition) is 1. The molecular weight excluding hydrogens is 395 g/mol. The van der Waals surface area contributed by atoms with Crippen LogP contribution in [0.2, 0.25) is 0 Å². The van der Waals surface area contributed by atoms with Crippen LogP contribution in [0, 0.1) is 6.92 Å². The largest absolute Gasteiger partial charge is 0.440 e. The van der Waals surface area contributed by atoms with E-state index < -0.39 is 30.8 Å². The van der Waals surface area contributed by atoms with Crippen LogP contribution in [0.5, 0.6) is 0 Å². The van der Waals surface area contributed by atoms with Crippen LogP contribution in [-0.2, 0) is 9.53 Å². The standard InChI is InChI=1S/C18H18F3N3O3S/c1-11-5-2-3-6-12(11)13-9-28-16(22-13)23-15(25)14-7-4-8-24(14)17(26)27-10-18(19,20)21/h2-3,5-6,9,14H,4,7-8,10H2,1H3,(H,22,23,25). The average molecular weight is 413 g/mol. The number of thiazole rings is 1. The second-order valence-corrected chi connectivity index (χ2v) is 7.22. The van der Waals surface area contributed by atoms with Crippen LogP contribution in [0.25, 0.3) is 11.3 Å². The number of benzene rings is 1. The number of rotatable bonds is 4. The zero-order valence-electron chi connectivity index (χ0n) is 15.0. The van der Waals surface area contributed by atoms with Gasteiger partial charge in [0.05, 0.1) is 5.69 Å². The molecule has 150 valence electrons. The quantitative estimate of drug-likeness (QED) is 0.815. The number of anilines is 1. The lowest BCUT2D eigenvalue weighted by Gasteiger charge is -2.23. The SMILES string of the molecule is Cc1ccccc1-c1csc(NC(=O)C2CCCN2C(=O)OCC(F)(F)F)n1. The number of alkyl halides is 3. The van der Waals surface area contributed by atoms with Crippen molar-refractivity contribution < 1.29 is 27.5 Å². The first-order chi connectivity index (χ1) is 13.2. The summed E-state index contributed by atoms with van der Waals surface area (Å²) in [4.78, 5) is 29.8. The lowest BCUT2D eigenvalue weighted by atomic mass is 10.1. The molecule has 1 saturated heterocycles. The van der Waals surface area contributed by atoms with Crippen LogP contribution in [0.4, 0.5) is 23.1 Å². The Bertz CT molecular complexity index is 869. The van der Waals surface area contributed by atoms with Gasteiger partial charge < -0.3 is 10.1 Å². The molecule has 1 unspecified atom stereocenters. The maximum absolute atomic E-state index is 12.5. The molecule has 0 radical (unpaired) electrons. The van der Waals surface area contributed by atoms with Gasteiger partial charge in [-0.25, -0.2) is 9.78 Å². The molecule has 0 spiro atoms. The molecule has 1 aliphatic heterocycles. The lowest BCUT2D eigenvalue weighted by Crippen LogP contribution is -2.44. The third-order valence-corrected chi connectivity index (χ3v) is 5.06. The molecule has 2 heterocycles. The number of carbonyl (C=O) groups is 2. The van der Waals surface area contributed by atoms with E-state index in [1.54, 1.807) is 0 Å². The first-order valence-corrected chi connectivity index (χ1v) is 9.45. The first-order valence-electron chi connectivity index (χ1n) is 8.57. The molecule has 0 bridgehead atoms. The van der Waals surface area contributed by atoms with E-state index in [4.69, 9.17) is 0 Å². The highest BCUT2D eigenvalue weighted by molar-refractivity contribution is 7.14. The summed E-state index contributed by atoms with van der Waals surface area (Å²) in [5.74, 6) is -0.493. The molecular formula is C18H18F3N3O3S. The minimum atomic E-state index is -4.61. The normalized spacial score (nSPS) is 16.9. The molecule has 0 saturated carbocycles. The number of nitrogens with zero attached hydrogens (tertiary/aromatic N) is 2. The molecule has 28 heavy (non-hydrogen) atoms. The fraction of sp³-hybridized carbons (Fsp3) is 0.389. The Morgan fingerprint density at radius 2 is 2.11 bits per heavy atom. The highest BCUT2D eigenvalue weighted by Crippen LogP contribution is 2.28. The maximum atomic E-state index is 12.5. The molecule has 1 fully saturated rings. The Morgan fingerprint density at radius 3 is 2.82 bits per heavy atom. The number of amides is 2. The molecule has 3 rings (SSSR count). The van der Waals surface area contributed by atoms with E-state index in [0.29, 0.717) is 23.7 Å². The van der Waals surface area contributed by atoms with Crippen LogP contribution in [-0.4, -0.2) is 47.3 Å². The summed E-state index contributed by atoms with van der Waals surface area (Å²) in [5.41, 5.74) is 2.70. The molecule has 2 aromatic rings. The molecule has 6 nitrogen and oxygen atoms in total. The van der Waals surface area contributed by atoms with Gasteiger partial charge in [0.2, 0.25) is 5.91 Å². The number of nitrogens with one attached hydrogen (secondary N) is 1. The Balaban J connectivity index is 1.64. The van der Waals surface area contributed by atoms with Gasteiger partial charge in [0.25, 0.3) is 0 Å². The smallest absolute Gasteiger partial charge is 0.422 e. The van der Waals surface area contributed by atoms with E-state index in [1.807, 2.05) is 36.6 Å². The summed E-state index contributed by atoms with van der Waals surface area (Å²) >= 11 is 1.24. The minimum Gasteiger partial charge on any atom is -0.440 e. The van der Waals surface area contributed by atoms with Crippen LogP contribution < -0.4 is 5.32 Å². The van der Waals surface area contributed by atoms with Gasteiger partial charge in [0.1, 0.15) is 6.04 Å². The van der Waals surface area contributed by atoms with Gasteiger partial charge in [0.15, 0.2) is 11.7 Å². The molecule has 0 aliphatic carbocycles. The maximum Gasteiger partial charge on any atom is 0.422 e. The minimum absolute atomic E-state index is 0.168. The van der Waals surface area contributed by atoms with Gasteiger partial charge >= 0.3 is 12.3 Å². The molecule has 1 N–H and O–H groups in total. The molecule has 2 amide bonds. The monoisotopic (exact) mass is 413 g/mol. The molecule has 1 aromatic heterocycles. The predicted octanol–water partition coefficient (Wildman–Crippen LogP) is 4.22. The van der Waals surface area contributed by atoms with Gasteiger partial charge in [-0.05, 0) is 25.3 Å². The zero-order valence-corrected chi connectivity index (χ0v) is 15.8. The van der Waals surface area contributed by atoms with Crippen molar-refractivity contribution in [3.63, 3.8) is 0 Å². The van der Waals surface area contributed by atoms with E-state index in [1.165, 1.54) is 11.3 Å². The second-order valence-electron chi connectivity index (χ2n) is 6.36. The van der Waals surface area contributed by atoms with E-state index in [0.717, 1.165) is 16.0 Å². The lowest BCUT2D eigenvalue weighted by molar-refractivity contribution is -0.162. The second kappa shape index (κ2) is 8.17. The van der Waals surface area contributed by atoms with Gasteiger partial charge in [-0.2, -0.15) is 13.2 Å². The fourth-order valence-corrected chi connectivity index (χ4v) is 3.70. The van der Waals surface area contributed by atoms with E-state index >= 15 is 0 Å². The van der Waals surface area contributed by atoms with Crippen LogP contribution in [0.3, 0.4) is 0 Å². The average Bonchev–Trinajstić information content (AvgIpc) is 3.29. The third kappa shape index (κ3) is 4.80. The van der Waals surface area contributed by atoms with Crippen molar-refractivity contribution in [1.82, 2.24) is 9.88 Å². The highest BCUT2D eigenvalue weighted by Gasteiger charge is 2.37. The molecule has 1 atom stereocenters. The van der Waals surface area contributed by atoms with E-state index in [2.05, 4.69) is 15.0 Å². The Morgan fingerprint density at radius 1 is 1.36 bits per heavy atom. The fourth-order valence-electron chi connectivity index (χ4n) is 2.99. The highest BCUT2D eigenvalue weighted by atomic mass is 32.1. The number of aryl methyl sites for hydroxylation is 1. The third-order valence-electron chi connectivity index (χ3n) is 4.30. The van der Waals surface area contributed by atoms with Crippen LogP contribution >= 0.6 is 11.3 Å². The zero-order chi connectivity index (χ0) is 20.3. The van der Waals surface area contributed by atoms with Crippen molar-refractivity contribution in [2.45, 2.75) is 32.0 Å². The Hall–Kier alpha value is -2.62. The molecule has 1 aromatic carbocycles. The van der Waals surface area contributed by atoms with Crippen molar-refractivity contribution in [1.29, 1.82) is 0 Å². The van der Waals surface area contributed by atoms with Gasteiger partial charge in [0, 0.05) is 17.5 Å². The number of aromatic nitrogens is 1. The van der Waals surface area contributed by atoms with Gasteiger partial charge in [-0.1, -0.05) is 24.3 Å². The Labute approximate surface area is 163 Å². The van der Waals surface area contributed by atoms with Crippen molar-refractivity contribution in [2.24, 2.45) is 0 Å². The van der Waals surface area contributed by atoms with Crippen molar-refractivity contribution in [3.8, 4) is 11.3 Å². The van der Waals surface area contributed by atoms with Crippen molar-refractivity contribution in [3.05, 3.63) is 35.2 Å². The van der Waals surface area contributed by atoms with Crippen molar-refractivity contribution >= 4 is 28.5 Å². The summed E-state index contributed by atoms with van der Waals surface area (Å²) in [6.07, 6.45) is -4.90. The molecule has 1 aliphatic rings. The van der Waals surface area contributed by atoms with Crippen molar-refractivity contribution in [2.75, 3.05) is 18.5 Å². The van der Waals surface area contributed by atoms with Gasteiger partial charge in [-0.3, -0.25) is 9.69 Å². The van der Waals surface area contributed by atoms with Crippen LogP contribution in [0.15, 0.2) is 29.6 Å². The van der Waals surface area contributed by atoms with E-state index in [-0.39, 0.29) is 6.54 Å². The number of carbonyl (C=O) groups excluding carboxylic acids is 2. The number of halogens is 3. The summed E-state index contributed by atoms with van der Waals surface area (Å²) in [6, 6.07) is 6.80. The topological polar surface area (TPSA) is 71.5 Å². The Kier molecular flexibility index (Phi) is 5.87. The molecule has 10 heteroatoms.